The van der Waals surface area contributed by atoms with Gasteiger partial charge in [-0.3, -0.25) is 9.89 Å². The van der Waals surface area contributed by atoms with Gasteiger partial charge in [0.2, 0.25) is 0 Å². The van der Waals surface area contributed by atoms with Gasteiger partial charge in [-0.25, -0.2) is 9.50 Å². The predicted octanol–water partition coefficient (Wildman–Crippen LogP) is 5.09. The van der Waals surface area contributed by atoms with Crippen LogP contribution in [0.25, 0.3) is 16.9 Å². The lowest BCUT2D eigenvalue weighted by atomic mass is 9.92. The molecule has 2 heterocycles. The first-order valence-electron chi connectivity index (χ1n) is 13.6. The molecular weight excluding hydrogens is 472 g/mol. The lowest BCUT2D eigenvalue weighted by molar-refractivity contribution is 0.339. The summed E-state index contributed by atoms with van der Waals surface area (Å²) in [7, 11) is 0. The highest BCUT2D eigenvalue weighted by Gasteiger charge is 2.39. The van der Waals surface area contributed by atoms with E-state index in [1.165, 1.54) is 48.4 Å². The second-order valence-electron chi connectivity index (χ2n) is 10.8. The number of hydrogen-bond acceptors (Lipinski definition) is 5. The Morgan fingerprint density at radius 2 is 1.71 bits per heavy atom. The van der Waals surface area contributed by atoms with Crippen molar-refractivity contribution in [3.63, 3.8) is 0 Å². The molecule has 2 unspecified atom stereocenters. The van der Waals surface area contributed by atoms with Gasteiger partial charge in [-0.2, -0.15) is 5.26 Å². The third kappa shape index (κ3) is 5.57. The molecule has 2 aliphatic rings. The summed E-state index contributed by atoms with van der Waals surface area (Å²) in [6, 6.07) is 24.4. The highest BCUT2D eigenvalue weighted by molar-refractivity contribution is 5.68. The molecule has 0 saturated heterocycles. The average molecular weight is 509 g/mol. The third-order valence-corrected chi connectivity index (χ3v) is 7.68. The van der Waals surface area contributed by atoms with Crippen molar-refractivity contribution in [2.45, 2.75) is 75.9 Å². The van der Waals surface area contributed by atoms with Gasteiger partial charge in [-0.05, 0) is 43.6 Å². The zero-order chi connectivity index (χ0) is 26.6. The van der Waals surface area contributed by atoms with Gasteiger partial charge in [0.1, 0.15) is 11.6 Å². The Kier molecular flexibility index (Phi) is 7.73. The summed E-state index contributed by atoms with van der Waals surface area (Å²) in [4.78, 5) is 17.2. The first kappa shape index (κ1) is 25.9. The van der Waals surface area contributed by atoms with E-state index in [1.807, 2.05) is 44.2 Å². The van der Waals surface area contributed by atoms with Crippen molar-refractivity contribution < 1.29 is 0 Å². The molecular formula is C31H36N6O. The van der Waals surface area contributed by atoms with Gasteiger partial charge in [-0.1, -0.05) is 74.5 Å². The Labute approximate surface area is 223 Å². The summed E-state index contributed by atoms with van der Waals surface area (Å²) in [5, 5.41) is 15.7. The van der Waals surface area contributed by atoms with E-state index in [1.54, 1.807) is 0 Å². The van der Waals surface area contributed by atoms with E-state index < -0.39 is 0 Å². The SMILES string of the molecule is CC(C)c1c(-c2ccccc2)nc2c(C#N)c[nH]n2c1=O.NC1CCC(NC2CC2c2ccccc2)CC1. The zero-order valence-corrected chi connectivity index (χ0v) is 22.1. The maximum atomic E-state index is 12.7. The van der Waals surface area contributed by atoms with Crippen LogP contribution in [-0.2, 0) is 0 Å². The number of nitrogens with one attached hydrogen (secondary N) is 2. The number of aromatic amines is 1. The van der Waals surface area contributed by atoms with Crippen LogP contribution in [0.4, 0.5) is 0 Å². The van der Waals surface area contributed by atoms with Crippen LogP contribution in [0.1, 0.15) is 74.5 Å². The number of H-pyrrole nitrogens is 1. The summed E-state index contributed by atoms with van der Waals surface area (Å²) in [5.41, 5.74) is 10.2. The van der Waals surface area contributed by atoms with E-state index in [9.17, 15) is 4.79 Å². The molecule has 2 atom stereocenters. The second kappa shape index (κ2) is 11.3. The van der Waals surface area contributed by atoms with Crippen LogP contribution in [0.3, 0.4) is 0 Å². The zero-order valence-electron chi connectivity index (χ0n) is 22.1. The first-order valence-corrected chi connectivity index (χ1v) is 13.6. The second-order valence-corrected chi connectivity index (χ2v) is 10.8. The number of fused-ring (bicyclic) bond motifs is 1. The van der Waals surface area contributed by atoms with Gasteiger partial charge < -0.3 is 11.1 Å². The van der Waals surface area contributed by atoms with Gasteiger partial charge in [0.25, 0.3) is 5.56 Å². The molecule has 2 saturated carbocycles. The molecule has 2 aliphatic carbocycles. The topological polar surface area (TPSA) is 112 Å². The van der Waals surface area contributed by atoms with Crippen LogP contribution in [0.2, 0.25) is 0 Å². The van der Waals surface area contributed by atoms with E-state index in [-0.39, 0.29) is 11.5 Å². The Hall–Kier alpha value is -3.73. The van der Waals surface area contributed by atoms with Crippen LogP contribution >= 0.6 is 0 Å². The number of nitrogens with zero attached hydrogens (tertiary/aromatic N) is 3. The van der Waals surface area contributed by atoms with Crippen molar-refractivity contribution in [2.75, 3.05) is 0 Å². The van der Waals surface area contributed by atoms with Gasteiger partial charge >= 0.3 is 0 Å². The van der Waals surface area contributed by atoms with Crippen LogP contribution in [0.15, 0.2) is 71.7 Å². The van der Waals surface area contributed by atoms with Crippen LogP contribution in [-0.4, -0.2) is 32.7 Å². The van der Waals surface area contributed by atoms with Crippen molar-refractivity contribution in [1.82, 2.24) is 19.9 Å². The molecule has 7 heteroatoms. The highest BCUT2D eigenvalue weighted by Crippen LogP contribution is 2.41. The van der Waals surface area contributed by atoms with E-state index in [4.69, 9.17) is 11.0 Å². The molecule has 38 heavy (non-hydrogen) atoms. The molecule has 196 valence electrons. The molecule has 4 aromatic rings. The monoisotopic (exact) mass is 508 g/mol. The molecule has 0 aliphatic heterocycles. The lowest BCUT2D eigenvalue weighted by Crippen LogP contribution is -2.38. The summed E-state index contributed by atoms with van der Waals surface area (Å²) >= 11 is 0. The average Bonchev–Trinajstić information content (AvgIpc) is 3.58. The minimum atomic E-state index is -0.157. The minimum Gasteiger partial charge on any atom is -0.328 e. The highest BCUT2D eigenvalue weighted by atomic mass is 16.1. The van der Waals surface area contributed by atoms with Crippen molar-refractivity contribution in [3.8, 4) is 17.3 Å². The maximum absolute atomic E-state index is 12.7. The van der Waals surface area contributed by atoms with Crippen LogP contribution in [0, 0.1) is 11.3 Å². The Balaban J connectivity index is 0.000000158. The summed E-state index contributed by atoms with van der Waals surface area (Å²) in [5.74, 6) is 0.790. The van der Waals surface area contributed by atoms with E-state index in [0.29, 0.717) is 34.6 Å². The van der Waals surface area contributed by atoms with Gasteiger partial charge in [-0.15, -0.1) is 0 Å². The maximum Gasteiger partial charge on any atom is 0.276 e. The molecule has 0 radical (unpaired) electrons. The summed E-state index contributed by atoms with van der Waals surface area (Å²) in [6.07, 6.45) is 7.73. The van der Waals surface area contributed by atoms with Crippen molar-refractivity contribution >= 4 is 5.65 Å². The van der Waals surface area contributed by atoms with E-state index in [2.05, 4.69) is 51.8 Å². The first-order chi connectivity index (χ1) is 18.5. The molecule has 6 rings (SSSR count). The molecule has 0 amide bonds. The minimum absolute atomic E-state index is 0.0333. The fourth-order valence-corrected chi connectivity index (χ4v) is 5.48. The number of rotatable bonds is 5. The quantitative estimate of drug-likeness (QED) is 0.348. The van der Waals surface area contributed by atoms with Gasteiger partial charge in [0.15, 0.2) is 5.65 Å². The van der Waals surface area contributed by atoms with Crippen molar-refractivity contribution in [1.29, 1.82) is 5.26 Å². The fraction of sp³-hybridized carbons (Fsp3) is 0.387. The molecule has 2 fully saturated rings. The lowest BCUT2D eigenvalue weighted by Gasteiger charge is -2.27. The summed E-state index contributed by atoms with van der Waals surface area (Å²) in [6.45, 7) is 3.93. The molecule has 2 aromatic carbocycles. The van der Waals surface area contributed by atoms with Crippen molar-refractivity contribution in [3.05, 3.63) is 93.9 Å². The molecule has 4 N–H and O–H groups in total. The van der Waals surface area contributed by atoms with Gasteiger partial charge in [0, 0.05) is 41.4 Å². The number of nitriles is 1. The Bertz CT molecular complexity index is 1460. The molecule has 0 bridgehead atoms. The van der Waals surface area contributed by atoms with E-state index in [0.717, 1.165) is 17.5 Å². The molecule has 0 spiro atoms. The molecule has 2 aromatic heterocycles. The van der Waals surface area contributed by atoms with E-state index >= 15 is 0 Å². The summed E-state index contributed by atoms with van der Waals surface area (Å²) < 4.78 is 1.33. The van der Waals surface area contributed by atoms with Crippen LogP contribution in [0.5, 0.6) is 0 Å². The smallest absolute Gasteiger partial charge is 0.276 e. The number of benzene rings is 2. The number of hydrogen-bond donors (Lipinski definition) is 3. The standard InChI is InChI=1S/C16H14N4O.C15H22N2/c1-10(2)13-14(11-6-4-3-5-7-11)19-15-12(8-17)9-18-20(15)16(13)21;16-12-6-8-13(9-7-12)17-15-10-14(15)11-4-2-1-3-5-11/h3-7,9-10,18H,1-2H3;1-5,12-15,17H,6-10,16H2. The largest absolute Gasteiger partial charge is 0.328 e. The van der Waals surface area contributed by atoms with Crippen LogP contribution < -0.4 is 16.6 Å². The predicted molar refractivity (Wildman–Crippen MR) is 151 cm³/mol. The van der Waals surface area contributed by atoms with Crippen molar-refractivity contribution in [2.24, 2.45) is 5.73 Å². The van der Waals surface area contributed by atoms with Gasteiger partial charge in [0.05, 0.1) is 5.69 Å². The Morgan fingerprint density at radius 1 is 1.05 bits per heavy atom. The fourth-order valence-electron chi connectivity index (χ4n) is 5.48. The third-order valence-electron chi connectivity index (χ3n) is 7.68. The number of nitrogens with two attached hydrogens (primary N) is 1. The number of aromatic nitrogens is 3. The normalized spacial score (nSPS) is 22.5. The Morgan fingerprint density at radius 3 is 2.34 bits per heavy atom. The molecule has 7 nitrogen and oxygen atoms in total.